The SMILES string of the molecule is CCCCOC(=O)/C(C#N)=C/c1ccc(-c2ccccc2)o1. The molecular formula is C18H17NO3. The second-order valence-electron chi connectivity index (χ2n) is 4.73. The molecule has 2 aromatic rings. The van der Waals surface area contributed by atoms with Crippen LogP contribution >= 0.6 is 0 Å². The quantitative estimate of drug-likeness (QED) is 0.347. The number of esters is 1. The number of rotatable bonds is 6. The fourth-order valence-corrected chi connectivity index (χ4v) is 1.85. The molecular weight excluding hydrogens is 278 g/mol. The third-order valence-electron chi connectivity index (χ3n) is 3.04. The lowest BCUT2D eigenvalue weighted by molar-refractivity contribution is -0.138. The molecule has 0 aliphatic rings. The zero-order valence-electron chi connectivity index (χ0n) is 12.4. The molecule has 0 bridgehead atoms. The van der Waals surface area contributed by atoms with E-state index in [1.807, 2.05) is 43.3 Å². The van der Waals surface area contributed by atoms with Crippen molar-refractivity contribution in [2.45, 2.75) is 19.8 Å². The normalized spacial score (nSPS) is 11.0. The lowest BCUT2D eigenvalue weighted by Crippen LogP contribution is -2.07. The number of hydrogen-bond donors (Lipinski definition) is 0. The topological polar surface area (TPSA) is 63.2 Å². The van der Waals surface area contributed by atoms with Crippen molar-refractivity contribution in [3.63, 3.8) is 0 Å². The van der Waals surface area contributed by atoms with E-state index in [9.17, 15) is 4.79 Å². The number of unbranched alkanes of at least 4 members (excludes halogenated alkanes) is 1. The van der Waals surface area contributed by atoms with Gasteiger partial charge in [0.05, 0.1) is 6.61 Å². The Morgan fingerprint density at radius 1 is 1.27 bits per heavy atom. The van der Waals surface area contributed by atoms with Crippen LogP contribution in [0.15, 0.2) is 52.5 Å². The maximum absolute atomic E-state index is 11.8. The van der Waals surface area contributed by atoms with Crippen LogP contribution in [0.25, 0.3) is 17.4 Å². The van der Waals surface area contributed by atoms with E-state index in [0.29, 0.717) is 18.1 Å². The average molecular weight is 295 g/mol. The van der Waals surface area contributed by atoms with Gasteiger partial charge in [0, 0.05) is 11.6 Å². The van der Waals surface area contributed by atoms with Crippen molar-refractivity contribution >= 4 is 12.0 Å². The van der Waals surface area contributed by atoms with E-state index >= 15 is 0 Å². The van der Waals surface area contributed by atoms with Crippen LogP contribution in [0.4, 0.5) is 0 Å². The summed E-state index contributed by atoms with van der Waals surface area (Å²) in [5.74, 6) is 0.514. The van der Waals surface area contributed by atoms with Crippen LogP contribution in [0.5, 0.6) is 0 Å². The molecule has 0 spiro atoms. The van der Waals surface area contributed by atoms with Crippen LogP contribution in [-0.2, 0) is 9.53 Å². The molecule has 4 nitrogen and oxygen atoms in total. The van der Waals surface area contributed by atoms with Gasteiger partial charge in [0.2, 0.25) is 0 Å². The van der Waals surface area contributed by atoms with Gasteiger partial charge in [-0.2, -0.15) is 5.26 Å². The molecule has 0 amide bonds. The minimum absolute atomic E-state index is 0.0648. The minimum atomic E-state index is -0.617. The number of ether oxygens (including phenoxy) is 1. The summed E-state index contributed by atoms with van der Waals surface area (Å²) in [5, 5.41) is 9.08. The largest absolute Gasteiger partial charge is 0.462 e. The first kappa shape index (κ1) is 15.6. The monoisotopic (exact) mass is 295 g/mol. The Hall–Kier alpha value is -2.80. The number of furan rings is 1. The molecule has 0 saturated heterocycles. The Kier molecular flexibility index (Phi) is 5.56. The number of hydrogen-bond acceptors (Lipinski definition) is 4. The fraction of sp³-hybridized carbons (Fsp3) is 0.222. The van der Waals surface area contributed by atoms with Crippen molar-refractivity contribution in [1.29, 1.82) is 5.26 Å². The summed E-state index contributed by atoms with van der Waals surface area (Å²) >= 11 is 0. The number of carbonyl (C=O) groups excluding carboxylic acids is 1. The van der Waals surface area contributed by atoms with E-state index < -0.39 is 5.97 Å². The van der Waals surface area contributed by atoms with E-state index in [-0.39, 0.29) is 5.57 Å². The maximum Gasteiger partial charge on any atom is 0.349 e. The standard InChI is InChI=1S/C18H17NO3/c1-2-3-11-21-18(20)15(13-19)12-16-9-10-17(22-16)14-7-5-4-6-8-14/h4-10,12H,2-3,11H2,1H3/b15-12+. The Bertz CT molecular complexity index is 693. The molecule has 0 radical (unpaired) electrons. The van der Waals surface area contributed by atoms with Crippen LogP contribution in [0, 0.1) is 11.3 Å². The average Bonchev–Trinajstić information content (AvgIpc) is 3.02. The molecule has 2 rings (SSSR count). The van der Waals surface area contributed by atoms with Crippen LogP contribution in [0.3, 0.4) is 0 Å². The highest BCUT2D eigenvalue weighted by molar-refractivity contribution is 5.97. The Morgan fingerprint density at radius 2 is 2.05 bits per heavy atom. The lowest BCUT2D eigenvalue weighted by Gasteiger charge is -2.01. The van der Waals surface area contributed by atoms with Crippen molar-refractivity contribution in [1.82, 2.24) is 0 Å². The van der Waals surface area contributed by atoms with Crippen molar-refractivity contribution in [2.75, 3.05) is 6.61 Å². The van der Waals surface area contributed by atoms with Gasteiger partial charge in [-0.3, -0.25) is 0 Å². The molecule has 4 heteroatoms. The third kappa shape index (κ3) is 4.10. The van der Waals surface area contributed by atoms with Gasteiger partial charge in [0.15, 0.2) is 0 Å². The molecule has 0 saturated carbocycles. The van der Waals surface area contributed by atoms with Crippen molar-refractivity contribution < 1.29 is 13.9 Å². The molecule has 0 aliphatic heterocycles. The van der Waals surface area contributed by atoms with Crippen molar-refractivity contribution in [3.8, 4) is 17.4 Å². The summed E-state index contributed by atoms with van der Waals surface area (Å²) in [6.45, 7) is 2.32. The number of benzene rings is 1. The molecule has 1 aromatic heterocycles. The van der Waals surface area contributed by atoms with E-state index in [1.165, 1.54) is 6.08 Å². The summed E-state index contributed by atoms with van der Waals surface area (Å²) < 4.78 is 10.7. The highest BCUT2D eigenvalue weighted by atomic mass is 16.5. The van der Waals surface area contributed by atoms with Gasteiger partial charge >= 0.3 is 5.97 Å². The first-order valence-corrected chi connectivity index (χ1v) is 7.18. The molecule has 0 fully saturated rings. The van der Waals surface area contributed by atoms with Crippen LogP contribution in [0.1, 0.15) is 25.5 Å². The summed E-state index contributed by atoms with van der Waals surface area (Å²) in [6, 6.07) is 15.0. The zero-order valence-corrected chi connectivity index (χ0v) is 12.4. The smallest absolute Gasteiger partial charge is 0.349 e. The van der Waals surface area contributed by atoms with Gasteiger partial charge in [0.1, 0.15) is 23.2 Å². The first-order valence-electron chi connectivity index (χ1n) is 7.18. The van der Waals surface area contributed by atoms with Gasteiger partial charge in [-0.1, -0.05) is 43.7 Å². The van der Waals surface area contributed by atoms with Crippen LogP contribution in [0.2, 0.25) is 0 Å². The molecule has 0 aliphatic carbocycles. The maximum atomic E-state index is 11.8. The first-order chi connectivity index (χ1) is 10.7. The molecule has 0 unspecified atom stereocenters. The highest BCUT2D eigenvalue weighted by Crippen LogP contribution is 2.23. The summed E-state index contributed by atoms with van der Waals surface area (Å²) in [4.78, 5) is 11.8. The molecule has 0 atom stereocenters. The van der Waals surface area contributed by atoms with Crippen molar-refractivity contribution in [3.05, 3.63) is 53.8 Å². The van der Waals surface area contributed by atoms with Crippen LogP contribution in [-0.4, -0.2) is 12.6 Å². The minimum Gasteiger partial charge on any atom is -0.462 e. The number of carbonyl (C=O) groups is 1. The van der Waals surface area contributed by atoms with E-state index in [1.54, 1.807) is 12.1 Å². The fourth-order valence-electron chi connectivity index (χ4n) is 1.85. The van der Waals surface area contributed by atoms with E-state index in [0.717, 1.165) is 18.4 Å². The third-order valence-corrected chi connectivity index (χ3v) is 3.04. The zero-order chi connectivity index (χ0) is 15.8. The predicted molar refractivity (Wildman–Crippen MR) is 83.6 cm³/mol. The lowest BCUT2D eigenvalue weighted by atomic mass is 10.2. The van der Waals surface area contributed by atoms with Gasteiger partial charge in [-0.05, 0) is 18.6 Å². The molecule has 1 heterocycles. The molecule has 22 heavy (non-hydrogen) atoms. The van der Waals surface area contributed by atoms with Crippen molar-refractivity contribution in [2.24, 2.45) is 0 Å². The Labute approximate surface area is 129 Å². The number of nitrogens with zero attached hydrogens (tertiary/aromatic N) is 1. The predicted octanol–water partition coefficient (Wildman–Crippen LogP) is 4.20. The number of nitriles is 1. The van der Waals surface area contributed by atoms with Gasteiger partial charge in [-0.15, -0.1) is 0 Å². The summed E-state index contributed by atoms with van der Waals surface area (Å²) in [5.41, 5.74) is 0.872. The van der Waals surface area contributed by atoms with E-state index in [4.69, 9.17) is 14.4 Å². The molecule has 0 N–H and O–H groups in total. The second kappa shape index (κ2) is 7.84. The highest BCUT2D eigenvalue weighted by Gasteiger charge is 2.12. The van der Waals surface area contributed by atoms with E-state index in [2.05, 4.69) is 0 Å². The summed E-state index contributed by atoms with van der Waals surface area (Å²) in [6.07, 6.45) is 3.11. The second-order valence-corrected chi connectivity index (χ2v) is 4.73. The van der Waals surface area contributed by atoms with Crippen LogP contribution < -0.4 is 0 Å². The Morgan fingerprint density at radius 3 is 2.73 bits per heavy atom. The van der Waals surface area contributed by atoms with Gasteiger partial charge in [0.25, 0.3) is 0 Å². The van der Waals surface area contributed by atoms with Gasteiger partial charge < -0.3 is 9.15 Å². The molecule has 112 valence electrons. The van der Waals surface area contributed by atoms with Gasteiger partial charge in [-0.25, -0.2) is 4.79 Å². The molecule has 1 aromatic carbocycles. The Balaban J connectivity index is 2.12. The summed E-state index contributed by atoms with van der Waals surface area (Å²) in [7, 11) is 0.